The first-order chi connectivity index (χ1) is 9.63. The Labute approximate surface area is 118 Å². The molecule has 4 N–H and O–H groups in total. The van der Waals surface area contributed by atoms with Crippen LogP contribution in [-0.2, 0) is 9.53 Å². The maximum absolute atomic E-state index is 11.9. The molecule has 0 aromatic heterocycles. The van der Waals surface area contributed by atoms with Gasteiger partial charge in [-0.15, -0.1) is 0 Å². The Morgan fingerprint density at radius 1 is 1.35 bits per heavy atom. The zero-order chi connectivity index (χ0) is 14.4. The Balaban J connectivity index is 1.95. The molecule has 2 rings (SSSR count). The van der Waals surface area contributed by atoms with E-state index in [2.05, 4.69) is 5.32 Å². The largest absolute Gasteiger partial charge is 0.399 e. The van der Waals surface area contributed by atoms with Crippen LogP contribution in [0.1, 0.15) is 18.4 Å². The Bertz CT molecular complexity index is 476. The molecule has 0 unspecified atom stereocenters. The fourth-order valence-electron chi connectivity index (χ4n) is 2.17. The number of benzene rings is 1. The normalized spacial score (nSPS) is 18.1. The zero-order valence-corrected chi connectivity index (χ0v) is 11.3. The molecular formula is C15H20N2O3. The summed E-state index contributed by atoms with van der Waals surface area (Å²) in [5, 5.41) is 12.4. The number of aliphatic hydroxyl groups excluding tert-OH is 1. The highest BCUT2D eigenvalue weighted by Gasteiger charge is 2.32. The summed E-state index contributed by atoms with van der Waals surface area (Å²) in [7, 11) is 0. The fraction of sp³-hybridized carbons (Fsp3) is 0.400. The summed E-state index contributed by atoms with van der Waals surface area (Å²) in [5.74, 6) is -0.210. The summed E-state index contributed by atoms with van der Waals surface area (Å²) < 4.78 is 5.26. The van der Waals surface area contributed by atoms with Crippen LogP contribution in [0.5, 0.6) is 0 Å². The van der Waals surface area contributed by atoms with E-state index in [-0.39, 0.29) is 12.5 Å². The van der Waals surface area contributed by atoms with Gasteiger partial charge in [-0.3, -0.25) is 4.79 Å². The molecule has 1 aromatic carbocycles. The lowest BCUT2D eigenvalue weighted by atomic mass is 9.91. The molecule has 0 bridgehead atoms. The average molecular weight is 276 g/mol. The number of amides is 1. The lowest BCUT2D eigenvalue weighted by molar-refractivity contribution is -0.120. The molecule has 1 heterocycles. The van der Waals surface area contributed by atoms with Gasteiger partial charge in [0.25, 0.3) is 0 Å². The highest BCUT2D eigenvalue weighted by atomic mass is 16.5. The molecule has 1 aromatic rings. The Kier molecular flexibility index (Phi) is 4.76. The summed E-state index contributed by atoms with van der Waals surface area (Å²) in [5.41, 5.74) is 6.63. The molecule has 0 aliphatic carbocycles. The SMILES string of the molecule is Nc1ccc(/C=C/C(=O)NC2(CO)CCOCC2)cc1. The Morgan fingerprint density at radius 3 is 2.60 bits per heavy atom. The lowest BCUT2D eigenvalue weighted by Crippen LogP contribution is -2.54. The van der Waals surface area contributed by atoms with Crippen molar-refractivity contribution >= 4 is 17.7 Å². The molecule has 5 nitrogen and oxygen atoms in total. The molecule has 0 radical (unpaired) electrons. The number of carbonyl (C=O) groups excluding carboxylic acids is 1. The van der Waals surface area contributed by atoms with E-state index in [1.807, 2.05) is 12.1 Å². The molecule has 1 amide bonds. The summed E-state index contributed by atoms with van der Waals surface area (Å²) in [4.78, 5) is 11.9. The number of carbonyl (C=O) groups is 1. The van der Waals surface area contributed by atoms with Crippen LogP contribution in [0.4, 0.5) is 5.69 Å². The molecule has 1 aliphatic rings. The van der Waals surface area contributed by atoms with E-state index in [1.54, 1.807) is 18.2 Å². The van der Waals surface area contributed by atoms with Crippen LogP contribution < -0.4 is 11.1 Å². The van der Waals surface area contributed by atoms with Crippen molar-refractivity contribution in [2.24, 2.45) is 0 Å². The molecule has 1 fully saturated rings. The highest BCUT2D eigenvalue weighted by Crippen LogP contribution is 2.20. The van der Waals surface area contributed by atoms with Gasteiger partial charge in [-0.05, 0) is 36.6 Å². The lowest BCUT2D eigenvalue weighted by Gasteiger charge is -2.35. The number of hydrogen-bond donors (Lipinski definition) is 3. The topological polar surface area (TPSA) is 84.6 Å². The van der Waals surface area contributed by atoms with Crippen molar-refractivity contribution in [1.29, 1.82) is 0 Å². The second-order valence-electron chi connectivity index (χ2n) is 5.04. The van der Waals surface area contributed by atoms with Crippen LogP contribution in [0.15, 0.2) is 30.3 Å². The predicted molar refractivity (Wildman–Crippen MR) is 77.9 cm³/mol. The van der Waals surface area contributed by atoms with E-state index in [0.717, 1.165) is 5.56 Å². The van der Waals surface area contributed by atoms with Crippen LogP contribution in [0.3, 0.4) is 0 Å². The van der Waals surface area contributed by atoms with Crippen molar-refractivity contribution < 1.29 is 14.6 Å². The van der Waals surface area contributed by atoms with Gasteiger partial charge in [0, 0.05) is 25.0 Å². The monoisotopic (exact) mass is 276 g/mol. The number of nitrogen functional groups attached to an aromatic ring is 1. The third kappa shape index (κ3) is 3.82. The van der Waals surface area contributed by atoms with E-state index in [1.165, 1.54) is 6.08 Å². The van der Waals surface area contributed by atoms with Crippen molar-refractivity contribution in [3.63, 3.8) is 0 Å². The third-order valence-corrected chi connectivity index (χ3v) is 3.50. The van der Waals surface area contributed by atoms with Gasteiger partial charge in [-0.2, -0.15) is 0 Å². The molecule has 108 valence electrons. The second-order valence-corrected chi connectivity index (χ2v) is 5.04. The van der Waals surface area contributed by atoms with Gasteiger partial charge in [0.1, 0.15) is 0 Å². The molecule has 5 heteroatoms. The minimum atomic E-state index is -0.555. The molecule has 0 spiro atoms. The van der Waals surface area contributed by atoms with Crippen LogP contribution >= 0.6 is 0 Å². The van der Waals surface area contributed by atoms with Crippen LogP contribution in [0.2, 0.25) is 0 Å². The van der Waals surface area contributed by atoms with Crippen molar-refractivity contribution in [3.8, 4) is 0 Å². The number of anilines is 1. The first kappa shape index (κ1) is 14.6. The van der Waals surface area contributed by atoms with Gasteiger partial charge in [0.2, 0.25) is 5.91 Å². The fourth-order valence-corrected chi connectivity index (χ4v) is 2.17. The summed E-state index contributed by atoms with van der Waals surface area (Å²) in [6, 6.07) is 7.25. The molecule has 1 saturated heterocycles. The van der Waals surface area contributed by atoms with Crippen LogP contribution in [0.25, 0.3) is 6.08 Å². The summed E-state index contributed by atoms with van der Waals surface area (Å²) >= 11 is 0. The van der Waals surface area contributed by atoms with Crippen molar-refractivity contribution in [3.05, 3.63) is 35.9 Å². The minimum absolute atomic E-state index is 0.0716. The van der Waals surface area contributed by atoms with E-state index in [0.29, 0.717) is 31.7 Å². The smallest absolute Gasteiger partial charge is 0.244 e. The average Bonchev–Trinajstić information content (AvgIpc) is 2.47. The molecule has 0 saturated carbocycles. The van der Waals surface area contributed by atoms with Gasteiger partial charge in [-0.25, -0.2) is 0 Å². The summed E-state index contributed by atoms with van der Waals surface area (Å²) in [6.07, 6.45) is 4.45. The minimum Gasteiger partial charge on any atom is -0.399 e. The van der Waals surface area contributed by atoms with Crippen molar-refractivity contribution in [1.82, 2.24) is 5.32 Å². The zero-order valence-electron chi connectivity index (χ0n) is 11.3. The number of rotatable bonds is 4. The second kappa shape index (κ2) is 6.54. The standard InChI is InChI=1S/C15H20N2O3/c16-13-4-1-12(2-5-13)3-6-14(19)17-15(11-18)7-9-20-10-8-15/h1-6,18H,7-11,16H2,(H,17,19)/b6-3+. The number of aliphatic hydroxyl groups is 1. The van der Waals surface area contributed by atoms with E-state index >= 15 is 0 Å². The van der Waals surface area contributed by atoms with Gasteiger partial charge in [0.05, 0.1) is 12.1 Å². The third-order valence-electron chi connectivity index (χ3n) is 3.50. The van der Waals surface area contributed by atoms with Crippen LogP contribution in [0, 0.1) is 0 Å². The van der Waals surface area contributed by atoms with E-state index in [4.69, 9.17) is 10.5 Å². The van der Waals surface area contributed by atoms with Gasteiger partial charge < -0.3 is 20.9 Å². The quantitative estimate of drug-likeness (QED) is 0.564. The van der Waals surface area contributed by atoms with E-state index < -0.39 is 5.54 Å². The van der Waals surface area contributed by atoms with Gasteiger partial charge in [0.15, 0.2) is 0 Å². The predicted octanol–water partition coefficient (Wildman–Crippen LogP) is 0.940. The maximum Gasteiger partial charge on any atom is 0.244 e. The Hall–Kier alpha value is -1.85. The molecule has 1 aliphatic heterocycles. The first-order valence-corrected chi connectivity index (χ1v) is 6.68. The summed E-state index contributed by atoms with van der Waals surface area (Å²) in [6.45, 7) is 1.04. The maximum atomic E-state index is 11.9. The first-order valence-electron chi connectivity index (χ1n) is 6.68. The highest BCUT2D eigenvalue weighted by molar-refractivity contribution is 5.92. The van der Waals surface area contributed by atoms with Crippen molar-refractivity contribution in [2.45, 2.75) is 18.4 Å². The van der Waals surface area contributed by atoms with Gasteiger partial charge >= 0.3 is 0 Å². The van der Waals surface area contributed by atoms with Gasteiger partial charge in [-0.1, -0.05) is 12.1 Å². The molecule has 0 atom stereocenters. The van der Waals surface area contributed by atoms with E-state index in [9.17, 15) is 9.90 Å². The Morgan fingerprint density at radius 2 is 2.00 bits per heavy atom. The molecule has 20 heavy (non-hydrogen) atoms. The number of ether oxygens (including phenoxy) is 1. The number of hydrogen-bond acceptors (Lipinski definition) is 4. The molecular weight excluding hydrogens is 256 g/mol. The van der Waals surface area contributed by atoms with Crippen LogP contribution in [-0.4, -0.2) is 36.4 Å². The number of nitrogens with one attached hydrogen (secondary N) is 1. The van der Waals surface area contributed by atoms with Crippen molar-refractivity contribution in [2.75, 3.05) is 25.6 Å². The number of nitrogens with two attached hydrogens (primary N) is 1.